The number of sulfonamides is 1. The van der Waals surface area contributed by atoms with Gasteiger partial charge in [0.2, 0.25) is 10.0 Å². The van der Waals surface area contributed by atoms with Gasteiger partial charge in [-0.25, -0.2) is 18.4 Å². The number of carbonyl (C=O) groups excluding carboxylic acids is 1. The minimum Gasteiger partial charge on any atom is -0.467 e. The zero-order valence-corrected chi connectivity index (χ0v) is 13.3. The van der Waals surface area contributed by atoms with E-state index >= 15 is 0 Å². The summed E-state index contributed by atoms with van der Waals surface area (Å²) in [6, 6.07) is 6.37. The van der Waals surface area contributed by atoms with Crippen molar-refractivity contribution in [3.8, 4) is 0 Å². The van der Waals surface area contributed by atoms with E-state index in [0.29, 0.717) is 30.8 Å². The van der Waals surface area contributed by atoms with Crippen LogP contribution in [0.1, 0.15) is 21.7 Å². The summed E-state index contributed by atoms with van der Waals surface area (Å²) in [5.74, 6) is 0.0676. The first-order valence-electron chi connectivity index (χ1n) is 6.95. The molecule has 0 spiro atoms. The Kier molecular flexibility index (Phi) is 3.87. The summed E-state index contributed by atoms with van der Waals surface area (Å²) in [6.07, 6.45) is 2.15. The van der Waals surface area contributed by atoms with Crippen LogP contribution >= 0.6 is 0 Å². The molecule has 7 nitrogen and oxygen atoms in total. The van der Waals surface area contributed by atoms with Crippen LogP contribution in [0.15, 0.2) is 39.8 Å². The Hall–Kier alpha value is -2.32. The summed E-state index contributed by atoms with van der Waals surface area (Å²) in [4.78, 5) is 13.8. The average Bonchev–Trinajstić information content (AvgIpc) is 3.13. The van der Waals surface area contributed by atoms with E-state index in [0.717, 1.165) is 11.3 Å². The van der Waals surface area contributed by atoms with Crippen LogP contribution in [0.5, 0.6) is 0 Å². The normalized spacial score (nSPS) is 13.9. The van der Waals surface area contributed by atoms with Crippen LogP contribution < -0.4 is 10.0 Å². The number of nitrogens with two attached hydrogens (primary N) is 1. The Balaban J connectivity index is 1.87. The molecule has 0 radical (unpaired) electrons. The van der Waals surface area contributed by atoms with Gasteiger partial charge in [-0.05, 0) is 36.2 Å². The molecule has 0 amide bonds. The third-order valence-corrected chi connectivity index (χ3v) is 4.77. The Labute approximate surface area is 133 Å². The summed E-state index contributed by atoms with van der Waals surface area (Å²) in [6.45, 7) is 1.10. The Morgan fingerprint density at radius 2 is 2.17 bits per heavy atom. The first kappa shape index (κ1) is 15.6. The number of hydrogen-bond acceptors (Lipinski definition) is 6. The van der Waals surface area contributed by atoms with Gasteiger partial charge in [-0.15, -0.1) is 0 Å². The number of carbonyl (C=O) groups is 1. The number of benzene rings is 1. The molecule has 1 aromatic heterocycles. The number of anilines is 1. The lowest BCUT2D eigenvalue weighted by Gasteiger charge is -2.18. The molecule has 1 aliphatic heterocycles. The maximum Gasteiger partial charge on any atom is 0.341 e. The molecule has 1 aliphatic rings. The quantitative estimate of drug-likeness (QED) is 0.844. The van der Waals surface area contributed by atoms with Crippen molar-refractivity contribution in [3.63, 3.8) is 0 Å². The van der Waals surface area contributed by atoms with Crippen LogP contribution in [0.3, 0.4) is 0 Å². The highest BCUT2D eigenvalue weighted by atomic mass is 32.2. The van der Waals surface area contributed by atoms with E-state index in [4.69, 9.17) is 14.3 Å². The highest BCUT2D eigenvalue weighted by Gasteiger charge is 2.24. The number of primary sulfonamides is 1. The van der Waals surface area contributed by atoms with E-state index in [-0.39, 0.29) is 4.90 Å². The van der Waals surface area contributed by atoms with E-state index in [9.17, 15) is 13.2 Å². The van der Waals surface area contributed by atoms with Gasteiger partial charge in [-0.1, -0.05) is 0 Å². The zero-order chi connectivity index (χ0) is 16.6. The van der Waals surface area contributed by atoms with Crippen molar-refractivity contribution in [1.29, 1.82) is 0 Å². The molecule has 2 N–H and O–H groups in total. The van der Waals surface area contributed by atoms with Crippen LogP contribution in [-0.2, 0) is 27.7 Å². The van der Waals surface area contributed by atoms with Gasteiger partial charge in [0.05, 0.1) is 24.8 Å². The fraction of sp³-hybridized carbons (Fsp3) is 0.267. The smallest absolute Gasteiger partial charge is 0.341 e. The number of methoxy groups -OCH3 is 1. The van der Waals surface area contributed by atoms with Crippen molar-refractivity contribution in [2.24, 2.45) is 5.14 Å². The average molecular weight is 336 g/mol. The second-order valence-electron chi connectivity index (χ2n) is 5.26. The standard InChI is InChI=1S/C15H16N2O5S/c1-21-15(18)12-5-7-22-14(12)9-17-6-4-10-8-11(23(16,19)20)2-3-13(10)17/h2-3,5,7-8H,4,6,9H2,1H3,(H2,16,19,20). The SMILES string of the molecule is COC(=O)c1ccoc1CN1CCc2cc(S(N)(=O)=O)ccc21. The van der Waals surface area contributed by atoms with Gasteiger partial charge >= 0.3 is 5.97 Å². The Bertz CT molecular complexity index is 857. The van der Waals surface area contributed by atoms with Crippen LogP contribution in [0.4, 0.5) is 5.69 Å². The van der Waals surface area contributed by atoms with Crippen molar-refractivity contribution < 1.29 is 22.4 Å². The van der Waals surface area contributed by atoms with Crippen molar-refractivity contribution in [3.05, 3.63) is 47.4 Å². The minimum absolute atomic E-state index is 0.103. The molecule has 2 aromatic rings. The molecule has 0 atom stereocenters. The molecular formula is C15H16N2O5S. The molecule has 0 bridgehead atoms. The van der Waals surface area contributed by atoms with Crippen molar-refractivity contribution in [2.45, 2.75) is 17.9 Å². The molecule has 2 heterocycles. The summed E-state index contributed by atoms with van der Waals surface area (Å²) < 4.78 is 33.0. The van der Waals surface area contributed by atoms with Crippen molar-refractivity contribution >= 4 is 21.7 Å². The number of rotatable bonds is 4. The monoisotopic (exact) mass is 336 g/mol. The number of ether oxygens (including phenoxy) is 1. The second-order valence-corrected chi connectivity index (χ2v) is 6.82. The van der Waals surface area contributed by atoms with Crippen LogP contribution in [-0.4, -0.2) is 28.0 Å². The number of hydrogen-bond donors (Lipinski definition) is 1. The minimum atomic E-state index is -3.71. The van der Waals surface area contributed by atoms with E-state index in [1.54, 1.807) is 18.2 Å². The third kappa shape index (κ3) is 2.95. The van der Waals surface area contributed by atoms with Gasteiger partial charge in [-0.2, -0.15) is 0 Å². The lowest BCUT2D eigenvalue weighted by atomic mass is 10.2. The number of furan rings is 1. The predicted octanol–water partition coefficient (Wildman–Crippen LogP) is 1.28. The molecule has 0 saturated heterocycles. The van der Waals surface area contributed by atoms with E-state index < -0.39 is 16.0 Å². The summed E-state index contributed by atoms with van der Waals surface area (Å²) in [5.41, 5.74) is 2.20. The molecule has 0 saturated carbocycles. The lowest BCUT2D eigenvalue weighted by Crippen LogP contribution is -2.21. The largest absolute Gasteiger partial charge is 0.467 e. The molecular weight excluding hydrogens is 320 g/mol. The van der Waals surface area contributed by atoms with E-state index in [2.05, 4.69) is 0 Å². The van der Waals surface area contributed by atoms with Gasteiger partial charge in [0.15, 0.2) is 0 Å². The van der Waals surface area contributed by atoms with Crippen LogP contribution in [0.25, 0.3) is 0 Å². The maximum absolute atomic E-state index is 11.7. The molecule has 122 valence electrons. The van der Waals surface area contributed by atoms with Gasteiger partial charge in [0.1, 0.15) is 11.3 Å². The number of nitrogens with zero attached hydrogens (tertiary/aromatic N) is 1. The highest BCUT2D eigenvalue weighted by Crippen LogP contribution is 2.31. The number of fused-ring (bicyclic) bond motifs is 1. The fourth-order valence-corrected chi connectivity index (χ4v) is 3.28. The molecule has 3 rings (SSSR count). The first-order chi connectivity index (χ1) is 10.9. The topological polar surface area (TPSA) is 103 Å². The van der Waals surface area contributed by atoms with Gasteiger partial charge in [0.25, 0.3) is 0 Å². The summed E-state index contributed by atoms with van der Waals surface area (Å²) >= 11 is 0. The third-order valence-electron chi connectivity index (χ3n) is 3.86. The summed E-state index contributed by atoms with van der Waals surface area (Å²) in [5, 5.41) is 5.16. The van der Waals surface area contributed by atoms with E-state index in [1.807, 2.05) is 4.90 Å². The molecule has 8 heteroatoms. The Morgan fingerprint density at radius 3 is 2.87 bits per heavy atom. The van der Waals surface area contributed by atoms with Crippen LogP contribution in [0, 0.1) is 0 Å². The van der Waals surface area contributed by atoms with Crippen LogP contribution in [0.2, 0.25) is 0 Å². The van der Waals surface area contributed by atoms with Crippen molar-refractivity contribution in [1.82, 2.24) is 0 Å². The van der Waals surface area contributed by atoms with Gasteiger partial charge in [-0.3, -0.25) is 0 Å². The zero-order valence-electron chi connectivity index (χ0n) is 12.5. The van der Waals surface area contributed by atoms with Gasteiger partial charge in [0, 0.05) is 12.2 Å². The molecule has 0 unspecified atom stereocenters. The lowest BCUT2D eigenvalue weighted by molar-refractivity contribution is 0.0598. The second kappa shape index (κ2) is 5.71. The number of esters is 1. The Morgan fingerprint density at radius 1 is 1.39 bits per heavy atom. The van der Waals surface area contributed by atoms with Gasteiger partial charge < -0.3 is 14.1 Å². The summed E-state index contributed by atoms with van der Waals surface area (Å²) in [7, 11) is -2.39. The highest BCUT2D eigenvalue weighted by molar-refractivity contribution is 7.89. The maximum atomic E-state index is 11.7. The van der Waals surface area contributed by atoms with Crippen molar-refractivity contribution in [2.75, 3.05) is 18.6 Å². The fourth-order valence-electron chi connectivity index (χ4n) is 2.72. The molecule has 1 aromatic carbocycles. The predicted molar refractivity (Wildman–Crippen MR) is 82.6 cm³/mol. The molecule has 0 fully saturated rings. The molecule has 23 heavy (non-hydrogen) atoms. The molecule has 0 aliphatic carbocycles. The van der Waals surface area contributed by atoms with E-state index in [1.165, 1.54) is 19.4 Å². The first-order valence-corrected chi connectivity index (χ1v) is 8.50.